The van der Waals surface area contributed by atoms with Crippen molar-refractivity contribution in [3.63, 3.8) is 0 Å². The minimum absolute atomic E-state index is 0.0958. The van der Waals surface area contributed by atoms with Crippen molar-refractivity contribution in [1.82, 2.24) is 0 Å². The molecular formula is C17H25NO4S. The van der Waals surface area contributed by atoms with Crippen LogP contribution >= 0.6 is 12.6 Å². The SMILES string of the molecule is CCCOCC(C)=O.Cc1ccc(N(C[C@H]2CO2)C(=O)S)cc1. The first-order valence-electron chi connectivity index (χ1n) is 7.70. The zero-order valence-corrected chi connectivity index (χ0v) is 14.8. The molecule has 0 aliphatic carbocycles. The number of thiol groups is 1. The Balaban J connectivity index is 0.000000284. The Bertz CT molecular complexity index is 500. The molecule has 0 saturated carbocycles. The van der Waals surface area contributed by atoms with Gasteiger partial charge in [0, 0.05) is 12.3 Å². The maximum Gasteiger partial charge on any atom is 0.283 e. The Kier molecular flexibility index (Phi) is 8.91. The molecular weight excluding hydrogens is 314 g/mol. The lowest BCUT2D eigenvalue weighted by Gasteiger charge is -2.19. The Labute approximate surface area is 143 Å². The van der Waals surface area contributed by atoms with Crippen LogP contribution in [0.15, 0.2) is 24.3 Å². The number of carbonyl (C=O) groups is 2. The van der Waals surface area contributed by atoms with Crippen LogP contribution in [0, 0.1) is 6.92 Å². The average Bonchev–Trinajstić information content (AvgIpc) is 3.30. The summed E-state index contributed by atoms with van der Waals surface area (Å²) < 4.78 is 10.0. The summed E-state index contributed by atoms with van der Waals surface area (Å²) in [6.45, 7) is 7.85. The number of Topliss-reactive ketones (excluding diaryl/α,β-unsaturated/α-hetero) is 1. The Hall–Kier alpha value is -1.37. The second-order valence-corrected chi connectivity index (χ2v) is 5.82. The van der Waals surface area contributed by atoms with Crippen molar-refractivity contribution in [2.75, 3.05) is 31.3 Å². The molecule has 1 saturated heterocycles. The van der Waals surface area contributed by atoms with Gasteiger partial charge in [0.05, 0.1) is 19.3 Å². The summed E-state index contributed by atoms with van der Waals surface area (Å²) in [6, 6.07) is 7.80. The predicted molar refractivity (Wildman–Crippen MR) is 94.4 cm³/mol. The van der Waals surface area contributed by atoms with E-state index in [2.05, 4.69) is 12.6 Å². The number of anilines is 1. The third-order valence-corrected chi connectivity index (χ3v) is 3.26. The van der Waals surface area contributed by atoms with Gasteiger partial charge in [0.15, 0.2) is 5.78 Å². The van der Waals surface area contributed by atoms with E-state index in [4.69, 9.17) is 9.47 Å². The standard InChI is InChI=1S/C11H13NO2S.C6H12O2/c1-8-2-4-9(5-3-8)12(11(13)15)6-10-7-14-10;1-3-4-8-5-6(2)7/h2-5,10H,6-7H2,1H3,(H,13,15);3-5H2,1-2H3/t10-;/m0./s1. The number of rotatable bonds is 7. The number of benzene rings is 1. The van der Waals surface area contributed by atoms with E-state index >= 15 is 0 Å². The van der Waals surface area contributed by atoms with Gasteiger partial charge in [-0.3, -0.25) is 9.59 Å². The van der Waals surface area contributed by atoms with Gasteiger partial charge >= 0.3 is 0 Å². The van der Waals surface area contributed by atoms with Gasteiger partial charge in [-0.2, -0.15) is 0 Å². The first-order valence-corrected chi connectivity index (χ1v) is 8.14. The van der Waals surface area contributed by atoms with Gasteiger partial charge in [-0.05, 0) is 32.4 Å². The van der Waals surface area contributed by atoms with E-state index in [-0.39, 0.29) is 23.7 Å². The number of ketones is 1. The molecule has 1 atom stereocenters. The summed E-state index contributed by atoms with van der Waals surface area (Å²) in [5.74, 6) is 0.0958. The third kappa shape index (κ3) is 8.74. The van der Waals surface area contributed by atoms with Crippen molar-refractivity contribution in [3.05, 3.63) is 29.8 Å². The van der Waals surface area contributed by atoms with E-state index in [1.54, 1.807) is 4.90 Å². The number of hydrogen-bond donors (Lipinski definition) is 1. The van der Waals surface area contributed by atoms with Crippen LogP contribution in [-0.4, -0.2) is 43.5 Å². The molecule has 1 aliphatic heterocycles. The maximum atomic E-state index is 11.3. The van der Waals surface area contributed by atoms with E-state index in [1.807, 2.05) is 38.1 Å². The van der Waals surface area contributed by atoms with Crippen LogP contribution in [0.5, 0.6) is 0 Å². The fourth-order valence-corrected chi connectivity index (χ4v) is 1.95. The van der Waals surface area contributed by atoms with Gasteiger partial charge in [0.2, 0.25) is 0 Å². The number of hydrogen-bond acceptors (Lipinski definition) is 4. The highest BCUT2D eigenvalue weighted by molar-refractivity contribution is 7.96. The molecule has 0 N–H and O–H groups in total. The number of carbonyl (C=O) groups excluding carboxylic acids is 2. The molecule has 0 aromatic heterocycles. The largest absolute Gasteiger partial charge is 0.374 e. The van der Waals surface area contributed by atoms with Gasteiger partial charge in [0.25, 0.3) is 5.24 Å². The van der Waals surface area contributed by atoms with Crippen LogP contribution in [0.4, 0.5) is 10.5 Å². The third-order valence-electron chi connectivity index (χ3n) is 3.02. The van der Waals surface area contributed by atoms with E-state index in [0.717, 1.165) is 18.7 Å². The summed E-state index contributed by atoms with van der Waals surface area (Å²) in [4.78, 5) is 23.1. The van der Waals surface area contributed by atoms with Crippen LogP contribution in [0.25, 0.3) is 0 Å². The van der Waals surface area contributed by atoms with Crippen LogP contribution in [-0.2, 0) is 14.3 Å². The summed E-state index contributed by atoms with van der Waals surface area (Å²) >= 11 is 3.86. The highest BCUT2D eigenvalue weighted by Crippen LogP contribution is 2.20. The van der Waals surface area contributed by atoms with E-state index in [9.17, 15) is 9.59 Å². The predicted octanol–water partition coefficient (Wildman–Crippen LogP) is 3.25. The number of epoxide rings is 1. The fourth-order valence-electron chi connectivity index (χ4n) is 1.76. The molecule has 6 heteroatoms. The van der Waals surface area contributed by atoms with Crippen LogP contribution in [0.3, 0.4) is 0 Å². The molecule has 5 nitrogen and oxygen atoms in total. The molecule has 0 radical (unpaired) electrons. The van der Waals surface area contributed by atoms with Crippen molar-refractivity contribution in [1.29, 1.82) is 0 Å². The molecule has 1 heterocycles. The normalized spacial score (nSPS) is 15.4. The fraction of sp³-hybridized carbons (Fsp3) is 0.529. The molecule has 2 rings (SSSR count). The molecule has 0 unspecified atom stereocenters. The summed E-state index contributed by atoms with van der Waals surface area (Å²) in [7, 11) is 0. The van der Waals surface area contributed by atoms with Crippen LogP contribution in [0.1, 0.15) is 25.8 Å². The van der Waals surface area contributed by atoms with Gasteiger partial charge in [-0.1, -0.05) is 37.2 Å². The van der Waals surface area contributed by atoms with E-state index < -0.39 is 0 Å². The molecule has 0 spiro atoms. The van der Waals surface area contributed by atoms with E-state index in [0.29, 0.717) is 13.2 Å². The Morgan fingerprint density at radius 2 is 1.96 bits per heavy atom. The zero-order valence-electron chi connectivity index (χ0n) is 13.9. The topological polar surface area (TPSA) is 59.1 Å². The highest BCUT2D eigenvalue weighted by atomic mass is 32.1. The zero-order chi connectivity index (χ0) is 17.2. The van der Waals surface area contributed by atoms with Crippen molar-refractivity contribution in [2.24, 2.45) is 0 Å². The van der Waals surface area contributed by atoms with Crippen LogP contribution in [0.2, 0.25) is 0 Å². The summed E-state index contributed by atoms with van der Waals surface area (Å²) in [5.41, 5.74) is 2.05. The molecule has 1 amide bonds. The van der Waals surface area contributed by atoms with Crippen molar-refractivity contribution in [3.8, 4) is 0 Å². The number of nitrogens with zero attached hydrogens (tertiary/aromatic N) is 1. The van der Waals surface area contributed by atoms with Crippen molar-refractivity contribution in [2.45, 2.75) is 33.3 Å². The Morgan fingerprint density at radius 3 is 2.39 bits per heavy atom. The van der Waals surface area contributed by atoms with Crippen molar-refractivity contribution >= 4 is 29.3 Å². The van der Waals surface area contributed by atoms with Gasteiger partial charge in [-0.15, -0.1) is 0 Å². The van der Waals surface area contributed by atoms with Crippen molar-refractivity contribution < 1.29 is 19.1 Å². The van der Waals surface area contributed by atoms with Crippen LogP contribution < -0.4 is 4.90 Å². The van der Waals surface area contributed by atoms with Gasteiger partial charge < -0.3 is 14.4 Å². The molecule has 1 aliphatic rings. The molecule has 23 heavy (non-hydrogen) atoms. The number of amides is 1. The molecule has 1 fully saturated rings. The first-order chi connectivity index (χ1) is 10.9. The number of aryl methyl sites for hydroxylation is 1. The quantitative estimate of drug-likeness (QED) is 0.471. The maximum absolute atomic E-state index is 11.3. The monoisotopic (exact) mass is 339 g/mol. The number of ether oxygens (including phenoxy) is 2. The average molecular weight is 339 g/mol. The first kappa shape index (κ1) is 19.7. The lowest BCUT2D eigenvalue weighted by Crippen LogP contribution is -2.30. The smallest absolute Gasteiger partial charge is 0.283 e. The Morgan fingerprint density at radius 1 is 1.35 bits per heavy atom. The van der Waals surface area contributed by atoms with Gasteiger partial charge in [-0.25, -0.2) is 0 Å². The molecule has 1 aromatic rings. The molecule has 128 valence electrons. The minimum Gasteiger partial charge on any atom is -0.374 e. The lowest BCUT2D eigenvalue weighted by atomic mass is 10.2. The van der Waals surface area contributed by atoms with E-state index in [1.165, 1.54) is 12.5 Å². The minimum atomic E-state index is -0.241. The summed E-state index contributed by atoms with van der Waals surface area (Å²) in [6.07, 6.45) is 1.16. The lowest BCUT2D eigenvalue weighted by molar-refractivity contribution is -0.121. The highest BCUT2D eigenvalue weighted by Gasteiger charge is 2.27. The molecule has 0 bridgehead atoms. The summed E-state index contributed by atoms with van der Waals surface area (Å²) in [5, 5.41) is -0.241. The second-order valence-electron chi connectivity index (χ2n) is 5.44. The molecule has 1 aromatic carbocycles. The second kappa shape index (κ2) is 10.4. The van der Waals surface area contributed by atoms with Gasteiger partial charge in [0.1, 0.15) is 6.61 Å².